The molecule has 0 bridgehead atoms. The standard InChI is InChI=1S/C13H23NOS/c1-5-13(6-2,16-4)10-14-9-12-11(3)7-8-15-12/h7-8,14H,5-6,9-10H2,1-4H3. The molecule has 0 atom stereocenters. The van der Waals surface area contributed by atoms with E-state index in [0.29, 0.717) is 4.75 Å². The molecule has 0 saturated heterocycles. The molecule has 1 rings (SSSR count). The summed E-state index contributed by atoms with van der Waals surface area (Å²) < 4.78 is 5.79. The van der Waals surface area contributed by atoms with E-state index < -0.39 is 0 Å². The van der Waals surface area contributed by atoms with Gasteiger partial charge in [-0.15, -0.1) is 0 Å². The monoisotopic (exact) mass is 241 g/mol. The smallest absolute Gasteiger partial charge is 0.120 e. The van der Waals surface area contributed by atoms with Crippen LogP contribution in [-0.2, 0) is 6.54 Å². The van der Waals surface area contributed by atoms with Gasteiger partial charge in [-0.3, -0.25) is 0 Å². The normalized spacial score (nSPS) is 12.0. The fourth-order valence-electron chi connectivity index (χ4n) is 1.85. The van der Waals surface area contributed by atoms with Crippen molar-refractivity contribution >= 4 is 11.8 Å². The lowest BCUT2D eigenvalue weighted by molar-refractivity contribution is 0.446. The van der Waals surface area contributed by atoms with Crippen molar-refractivity contribution in [2.75, 3.05) is 12.8 Å². The van der Waals surface area contributed by atoms with Crippen molar-refractivity contribution in [1.82, 2.24) is 5.32 Å². The second-order valence-corrected chi connectivity index (χ2v) is 5.50. The molecule has 0 aromatic carbocycles. The Morgan fingerprint density at radius 2 is 2.06 bits per heavy atom. The van der Waals surface area contributed by atoms with Crippen LogP contribution in [0.1, 0.15) is 38.0 Å². The third kappa shape index (κ3) is 3.29. The summed E-state index contributed by atoms with van der Waals surface area (Å²) in [4.78, 5) is 0. The van der Waals surface area contributed by atoms with Gasteiger partial charge in [-0.2, -0.15) is 11.8 Å². The van der Waals surface area contributed by atoms with Crippen molar-refractivity contribution in [3.63, 3.8) is 0 Å². The highest BCUT2D eigenvalue weighted by Crippen LogP contribution is 2.29. The Hall–Kier alpha value is -0.410. The maximum atomic E-state index is 5.41. The highest BCUT2D eigenvalue weighted by molar-refractivity contribution is 8.00. The number of rotatable bonds is 7. The molecule has 0 spiro atoms. The van der Waals surface area contributed by atoms with E-state index in [2.05, 4.69) is 32.3 Å². The zero-order chi connectivity index (χ0) is 12.0. The van der Waals surface area contributed by atoms with Crippen molar-refractivity contribution in [3.05, 3.63) is 23.7 Å². The van der Waals surface area contributed by atoms with Gasteiger partial charge < -0.3 is 9.73 Å². The van der Waals surface area contributed by atoms with Crippen LogP contribution in [0.25, 0.3) is 0 Å². The number of aryl methyl sites for hydroxylation is 1. The molecule has 0 fully saturated rings. The van der Waals surface area contributed by atoms with Crippen LogP contribution in [0.3, 0.4) is 0 Å². The van der Waals surface area contributed by atoms with Gasteiger partial charge in [0.15, 0.2) is 0 Å². The van der Waals surface area contributed by atoms with Crippen LogP contribution in [0.4, 0.5) is 0 Å². The van der Waals surface area contributed by atoms with Gasteiger partial charge in [0.25, 0.3) is 0 Å². The predicted molar refractivity (Wildman–Crippen MR) is 72.0 cm³/mol. The van der Waals surface area contributed by atoms with E-state index in [1.54, 1.807) is 6.26 Å². The SMILES string of the molecule is CCC(CC)(CNCc1occc1C)SC. The van der Waals surface area contributed by atoms with E-state index in [-0.39, 0.29) is 0 Å². The molecule has 1 heterocycles. The number of hydrogen-bond acceptors (Lipinski definition) is 3. The lowest BCUT2D eigenvalue weighted by Crippen LogP contribution is -2.36. The number of nitrogens with one attached hydrogen (secondary N) is 1. The van der Waals surface area contributed by atoms with E-state index in [1.165, 1.54) is 18.4 Å². The van der Waals surface area contributed by atoms with E-state index in [1.807, 2.05) is 17.8 Å². The molecule has 92 valence electrons. The molecular weight excluding hydrogens is 218 g/mol. The highest BCUT2D eigenvalue weighted by Gasteiger charge is 2.24. The van der Waals surface area contributed by atoms with Gasteiger partial charge in [-0.05, 0) is 37.7 Å². The first-order valence-electron chi connectivity index (χ1n) is 5.96. The molecule has 0 aliphatic carbocycles. The lowest BCUT2D eigenvalue weighted by atomic mass is 10.0. The van der Waals surface area contributed by atoms with Crippen molar-refractivity contribution in [1.29, 1.82) is 0 Å². The topological polar surface area (TPSA) is 25.2 Å². The summed E-state index contributed by atoms with van der Waals surface area (Å²) in [5.41, 5.74) is 1.23. The lowest BCUT2D eigenvalue weighted by Gasteiger charge is -2.29. The summed E-state index contributed by atoms with van der Waals surface area (Å²) in [6.07, 6.45) is 6.37. The van der Waals surface area contributed by atoms with E-state index in [4.69, 9.17) is 4.42 Å². The molecule has 0 aliphatic rings. The van der Waals surface area contributed by atoms with Crippen LogP contribution >= 0.6 is 11.8 Å². The highest BCUT2D eigenvalue weighted by atomic mass is 32.2. The molecule has 3 heteroatoms. The first-order valence-corrected chi connectivity index (χ1v) is 7.18. The Bertz CT molecular complexity index is 296. The molecule has 2 nitrogen and oxygen atoms in total. The first kappa shape index (κ1) is 13.7. The molecule has 1 aromatic heterocycles. The molecular formula is C13H23NOS. The van der Waals surface area contributed by atoms with Gasteiger partial charge in [0, 0.05) is 11.3 Å². The Kier molecular flexibility index (Phi) is 5.42. The molecule has 0 amide bonds. The fourth-order valence-corrected chi connectivity index (χ4v) is 2.67. The predicted octanol–water partition coefficient (Wildman–Crippen LogP) is 3.60. The minimum Gasteiger partial charge on any atom is -0.468 e. The Labute approximate surface area is 103 Å². The van der Waals surface area contributed by atoms with Crippen LogP contribution in [0.2, 0.25) is 0 Å². The Morgan fingerprint density at radius 1 is 1.38 bits per heavy atom. The molecule has 0 aliphatic heterocycles. The van der Waals surface area contributed by atoms with Gasteiger partial charge in [0.05, 0.1) is 12.8 Å². The van der Waals surface area contributed by atoms with E-state index >= 15 is 0 Å². The fraction of sp³-hybridized carbons (Fsp3) is 0.692. The summed E-state index contributed by atoms with van der Waals surface area (Å²) in [7, 11) is 0. The molecule has 1 aromatic rings. The second kappa shape index (κ2) is 6.36. The Morgan fingerprint density at radius 3 is 2.50 bits per heavy atom. The second-order valence-electron chi connectivity index (χ2n) is 4.22. The zero-order valence-corrected chi connectivity index (χ0v) is 11.6. The third-order valence-electron chi connectivity index (χ3n) is 3.42. The minimum absolute atomic E-state index is 0.375. The molecule has 0 unspecified atom stereocenters. The van der Waals surface area contributed by atoms with Gasteiger partial charge in [-0.25, -0.2) is 0 Å². The number of thioether (sulfide) groups is 1. The summed E-state index contributed by atoms with van der Waals surface area (Å²) >= 11 is 1.97. The van der Waals surface area contributed by atoms with Crippen LogP contribution in [0.5, 0.6) is 0 Å². The first-order chi connectivity index (χ1) is 7.67. The summed E-state index contributed by atoms with van der Waals surface area (Å²) in [6, 6.07) is 2.01. The zero-order valence-electron chi connectivity index (χ0n) is 10.8. The molecule has 16 heavy (non-hydrogen) atoms. The van der Waals surface area contributed by atoms with E-state index in [0.717, 1.165) is 18.8 Å². The average Bonchev–Trinajstić information content (AvgIpc) is 2.71. The van der Waals surface area contributed by atoms with Gasteiger partial charge in [-0.1, -0.05) is 13.8 Å². The summed E-state index contributed by atoms with van der Waals surface area (Å²) in [5.74, 6) is 1.06. The van der Waals surface area contributed by atoms with Crippen molar-refractivity contribution < 1.29 is 4.42 Å². The molecule has 1 N–H and O–H groups in total. The van der Waals surface area contributed by atoms with Crippen LogP contribution in [0.15, 0.2) is 16.7 Å². The Balaban J connectivity index is 2.42. The minimum atomic E-state index is 0.375. The van der Waals surface area contributed by atoms with Crippen LogP contribution in [0, 0.1) is 6.92 Å². The third-order valence-corrected chi connectivity index (χ3v) is 5.01. The van der Waals surface area contributed by atoms with Crippen molar-refractivity contribution in [3.8, 4) is 0 Å². The van der Waals surface area contributed by atoms with Crippen LogP contribution in [-0.4, -0.2) is 17.5 Å². The maximum Gasteiger partial charge on any atom is 0.120 e. The quantitative estimate of drug-likeness (QED) is 0.789. The van der Waals surface area contributed by atoms with Crippen molar-refractivity contribution in [2.45, 2.75) is 44.9 Å². The van der Waals surface area contributed by atoms with Gasteiger partial charge in [0.2, 0.25) is 0 Å². The van der Waals surface area contributed by atoms with Crippen LogP contribution < -0.4 is 5.32 Å². The van der Waals surface area contributed by atoms with Gasteiger partial charge in [0.1, 0.15) is 5.76 Å². The van der Waals surface area contributed by atoms with Crippen molar-refractivity contribution in [2.24, 2.45) is 0 Å². The van der Waals surface area contributed by atoms with E-state index in [9.17, 15) is 0 Å². The maximum absolute atomic E-state index is 5.41. The largest absolute Gasteiger partial charge is 0.468 e. The summed E-state index contributed by atoms with van der Waals surface area (Å²) in [6.45, 7) is 8.49. The number of hydrogen-bond donors (Lipinski definition) is 1. The molecule has 0 saturated carbocycles. The average molecular weight is 241 g/mol. The van der Waals surface area contributed by atoms with Gasteiger partial charge >= 0.3 is 0 Å². The number of furan rings is 1. The molecule has 0 radical (unpaired) electrons. The summed E-state index contributed by atoms with van der Waals surface area (Å²) in [5, 5.41) is 3.51.